The third kappa shape index (κ3) is 4.00. The zero-order valence-electron chi connectivity index (χ0n) is 10.1. The van der Waals surface area contributed by atoms with Gasteiger partial charge < -0.3 is 5.11 Å². The zero-order valence-corrected chi connectivity index (χ0v) is 10.1. The number of aliphatic hydroxyl groups excluding tert-OH is 1. The van der Waals surface area contributed by atoms with Crippen molar-refractivity contribution in [2.75, 3.05) is 0 Å². The lowest BCUT2D eigenvalue weighted by Crippen LogP contribution is -2.23. The standard InChI is InChI=1S/C13H26O/c1-4-9-13(2,3)10-11-5-7-12(14)8-6-11/h11-12,14H,4-10H2,1-3H3. The largest absolute Gasteiger partial charge is 0.393 e. The molecule has 0 aromatic heterocycles. The van der Waals surface area contributed by atoms with Crippen LogP contribution in [-0.2, 0) is 0 Å². The van der Waals surface area contributed by atoms with E-state index in [1.54, 1.807) is 0 Å². The molecule has 84 valence electrons. The van der Waals surface area contributed by atoms with Crippen LogP contribution < -0.4 is 0 Å². The van der Waals surface area contributed by atoms with Gasteiger partial charge in [-0.25, -0.2) is 0 Å². The van der Waals surface area contributed by atoms with Crippen LogP contribution in [0.2, 0.25) is 0 Å². The summed E-state index contributed by atoms with van der Waals surface area (Å²) in [4.78, 5) is 0. The van der Waals surface area contributed by atoms with Crippen molar-refractivity contribution in [2.24, 2.45) is 11.3 Å². The molecule has 1 saturated carbocycles. The highest BCUT2D eigenvalue weighted by molar-refractivity contribution is 4.78. The van der Waals surface area contributed by atoms with Gasteiger partial charge in [-0.3, -0.25) is 0 Å². The maximum absolute atomic E-state index is 9.43. The summed E-state index contributed by atoms with van der Waals surface area (Å²) in [6.07, 6.45) is 8.55. The Morgan fingerprint density at radius 3 is 2.21 bits per heavy atom. The van der Waals surface area contributed by atoms with Gasteiger partial charge in [0.1, 0.15) is 0 Å². The van der Waals surface area contributed by atoms with Crippen molar-refractivity contribution in [3.05, 3.63) is 0 Å². The van der Waals surface area contributed by atoms with E-state index in [2.05, 4.69) is 20.8 Å². The van der Waals surface area contributed by atoms with Gasteiger partial charge in [-0.1, -0.05) is 27.2 Å². The van der Waals surface area contributed by atoms with E-state index < -0.39 is 0 Å². The third-order valence-corrected chi connectivity index (χ3v) is 3.58. The molecule has 14 heavy (non-hydrogen) atoms. The molecule has 0 atom stereocenters. The van der Waals surface area contributed by atoms with Gasteiger partial charge in [-0.05, 0) is 49.9 Å². The van der Waals surface area contributed by atoms with Gasteiger partial charge in [0, 0.05) is 0 Å². The fraction of sp³-hybridized carbons (Fsp3) is 1.00. The first-order chi connectivity index (χ1) is 6.53. The van der Waals surface area contributed by atoms with Crippen LogP contribution in [0.5, 0.6) is 0 Å². The maximum atomic E-state index is 9.43. The Bertz CT molecular complexity index is 155. The van der Waals surface area contributed by atoms with Crippen molar-refractivity contribution in [2.45, 2.75) is 71.8 Å². The first-order valence-corrected chi connectivity index (χ1v) is 6.21. The molecule has 1 aliphatic rings. The molecule has 1 rings (SSSR count). The Kier molecular flexibility index (Phi) is 4.43. The average molecular weight is 198 g/mol. The van der Waals surface area contributed by atoms with Crippen LogP contribution in [0.3, 0.4) is 0 Å². The molecule has 0 spiro atoms. The molecule has 0 radical (unpaired) electrons. The van der Waals surface area contributed by atoms with Crippen molar-refractivity contribution in [3.8, 4) is 0 Å². The molecular weight excluding hydrogens is 172 g/mol. The van der Waals surface area contributed by atoms with E-state index in [-0.39, 0.29) is 6.10 Å². The van der Waals surface area contributed by atoms with E-state index in [1.807, 2.05) is 0 Å². The van der Waals surface area contributed by atoms with Crippen molar-refractivity contribution in [1.82, 2.24) is 0 Å². The quantitative estimate of drug-likeness (QED) is 0.729. The Morgan fingerprint density at radius 2 is 1.71 bits per heavy atom. The average Bonchev–Trinajstić information content (AvgIpc) is 2.08. The molecule has 1 nitrogen and oxygen atoms in total. The van der Waals surface area contributed by atoms with Crippen LogP contribution in [0.15, 0.2) is 0 Å². The van der Waals surface area contributed by atoms with Crippen LogP contribution in [0.1, 0.15) is 65.7 Å². The molecule has 1 aliphatic carbocycles. The van der Waals surface area contributed by atoms with Crippen LogP contribution in [0, 0.1) is 11.3 Å². The fourth-order valence-corrected chi connectivity index (χ4v) is 2.91. The molecule has 0 heterocycles. The summed E-state index contributed by atoms with van der Waals surface area (Å²) in [6.45, 7) is 7.05. The lowest BCUT2D eigenvalue weighted by molar-refractivity contribution is 0.0918. The molecule has 0 aromatic rings. The molecule has 0 unspecified atom stereocenters. The maximum Gasteiger partial charge on any atom is 0.0540 e. The van der Waals surface area contributed by atoms with Gasteiger partial charge in [0.15, 0.2) is 0 Å². The predicted octanol–water partition coefficient (Wildman–Crippen LogP) is 3.75. The van der Waals surface area contributed by atoms with Crippen LogP contribution in [0.4, 0.5) is 0 Å². The molecule has 0 aliphatic heterocycles. The molecule has 1 N–H and O–H groups in total. The monoisotopic (exact) mass is 198 g/mol. The minimum absolute atomic E-state index is 0.000498. The van der Waals surface area contributed by atoms with Crippen LogP contribution in [-0.4, -0.2) is 11.2 Å². The summed E-state index contributed by atoms with van der Waals surface area (Å²) in [7, 11) is 0. The number of aliphatic hydroxyl groups is 1. The predicted molar refractivity (Wildman–Crippen MR) is 61.3 cm³/mol. The summed E-state index contributed by atoms with van der Waals surface area (Å²) in [5, 5.41) is 9.43. The van der Waals surface area contributed by atoms with Crippen molar-refractivity contribution < 1.29 is 5.11 Å². The second-order valence-electron chi connectivity index (χ2n) is 5.79. The van der Waals surface area contributed by atoms with Crippen molar-refractivity contribution >= 4 is 0 Å². The van der Waals surface area contributed by atoms with E-state index in [4.69, 9.17) is 0 Å². The van der Waals surface area contributed by atoms with Crippen molar-refractivity contribution in [1.29, 1.82) is 0 Å². The van der Waals surface area contributed by atoms with E-state index in [1.165, 1.54) is 32.1 Å². The molecule has 0 bridgehead atoms. The molecule has 0 amide bonds. The SMILES string of the molecule is CCCC(C)(C)CC1CCC(O)CC1. The minimum atomic E-state index is 0.000498. The van der Waals surface area contributed by atoms with E-state index in [9.17, 15) is 5.11 Å². The Balaban J connectivity index is 2.29. The summed E-state index contributed by atoms with van der Waals surface area (Å²) >= 11 is 0. The van der Waals surface area contributed by atoms with Gasteiger partial charge in [0.05, 0.1) is 6.10 Å². The van der Waals surface area contributed by atoms with E-state index in [0.29, 0.717) is 5.41 Å². The first kappa shape index (κ1) is 12.0. The van der Waals surface area contributed by atoms with Gasteiger partial charge in [0.25, 0.3) is 0 Å². The Labute approximate surface area is 88.9 Å². The van der Waals surface area contributed by atoms with E-state index >= 15 is 0 Å². The highest BCUT2D eigenvalue weighted by Crippen LogP contribution is 2.37. The molecule has 0 aromatic carbocycles. The highest BCUT2D eigenvalue weighted by atomic mass is 16.3. The Morgan fingerprint density at radius 1 is 1.14 bits per heavy atom. The molecule has 1 heteroatoms. The van der Waals surface area contributed by atoms with Crippen molar-refractivity contribution in [3.63, 3.8) is 0 Å². The van der Waals surface area contributed by atoms with Crippen LogP contribution >= 0.6 is 0 Å². The van der Waals surface area contributed by atoms with Gasteiger partial charge in [-0.15, -0.1) is 0 Å². The van der Waals surface area contributed by atoms with Gasteiger partial charge in [-0.2, -0.15) is 0 Å². The Hall–Kier alpha value is -0.0400. The first-order valence-electron chi connectivity index (χ1n) is 6.21. The summed E-state index contributed by atoms with van der Waals surface area (Å²) in [5.41, 5.74) is 0.516. The second-order valence-corrected chi connectivity index (χ2v) is 5.79. The van der Waals surface area contributed by atoms with Gasteiger partial charge in [0.2, 0.25) is 0 Å². The summed E-state index contributed by atoms with van der Waals surface area (Å²) < 4.78 is 0. The van der Waals surface area contributed by atoms with Gasteiger partial charge >= 0.3 is 0 Å². The molecular formula is C13H26O. The van der Waals surface area contributed by atoms with Crippen LogP contribution in [0.25, 0.3) is 0 Å². The summed E-state index contributed by atoms with van der Waals surface area (Å²) in [6, 6.07) is 0. The zero-order chi connectivity index (χ0) is 10.6. The lowest BCUT2D eigenvalue weighted by atomic mass is 9.74. The lowest BCUT2D eigenvalue weighted by Gasteiger charge is -2.33. The summed E-state index contributed by atoms with van der Waals surface area (Å²) in [5.74, 6) is 0.875. The number of hydrogen-bond acceptors (Lipinski definition) is 1. The third-order valence-electron chi connectivity index (χ3n) is 3.58. The number of rotatable bonds is 4. The fourth-order valence-electron chi connectivity index (χ4n) is 2.91. The van der Waals surface area contributed by atoms with E-state index in [0.717, 1.165) is 18.8 Å². The highest BCUT2D eigenvalue weighted by Gasteiger charge is 2.26. The number of hydrogen-bond donors (Lipinski definition) is 1. The topological polar surface area (TPSA) is 20.2 Å². The normalized spacial score (nSPS) is 29.1. The smallest absolute Gasteiger partial charge is 0.0540 e. The molecule has 0 saturated heterocycles. The second kappa shape index (κ2) is 5.16. The molecule has 1 fully saturated rings. The minimum Gasteiger partial charge on any atom is -0.393 e.